The van der Waals surface area contributed by atoms with Crippen LogP contribution in [0.3, 0.4) is 0 Å². The Morgan fingerprint density at radius 3 is 2.52 bits per heavy atom. The molecule has 2 N–H and O–H groups in total. The summed E-state index contributed by atoms with van der Waals surface area (Å²) >= 11 is 0. The van der Waals surface area contributed by atoms with Crippen LogP contribution in [0.5, 0.6) is 11.5 Å². The Bertz CT molecular complexity index is 629. The number of amides is 1. The molecule has 2 aromatic rings. The number of nitrogens with one attached hydrogen (secondary N) is 2. The summed E-state index contributed by atoms with van der Waals surface area (Å²) in [6, 6.07) is 15.5. The highest BCUT2D eigenvalue weighted by Gasteiger charge is 2.07. The molecule has 0 saturated carbocycles. The summed E-state index contributed by atoms with van der Waals surface area (Å²) in [5.41, 5.74) is 1.93. The highest BCUT2D eigenvalue weighted by molar-refractivity contribution is 5.81. The lowest BCUT2D eigenvalue weighted by Gasteiger charge is -2.12. The molecule has 0 bridgehead atoms. The molecule has 0 atom stereocenters. The first kappa shape index (κ1) is 16.7. The number of benzene rings is 2. The highest BCUT2D eigenvalue weighted by atomic mass is 16.5. The third-order valence-electron chi connectivity index (χ3n) is 3.42. The zero-order valence-corrected chi connectivity index (χ0v) is 13.5. The van der Waals surface area contributed by atoms with Gasteiger partial charge < -0.3 is 20.1 Å². The Balaban J connectivity index is 1.80. The second-order valence-corrected chi connectivity index (χ2v) is 5.01. The quantitative estimate of drug-likeness (QED) is 0.786. The molecule has 0 aliphatic carbocycles. The Morgan fingerprint density at radius 1 is 1.04 bits per heavy atom. The van der Waals surface area contributed by atoms with Gasteiger partial charge in [0.15, 0.2) is 0 Å². The highest BCUT2D eigenvalue weighted by Crippen LogP contribution is 2.28. The van der Waals surface area contributed by atoms with Crippen molar-refractivity contribution in [2.24, 2.45) is 0 Å². The summed E-state index contributed by atoms with van der Waals surface area (Å²) in [6.07, 6.45) is 0.815. The van der Waals surface area contributed by atoms with Gasteiger partial charge in [-0.3, -0.25) is 4.79 Å². The molecule has 0 saturated heterocycles. The summed E-state index contributed by atoms with van der Waals surface area (Å²) in [7, 11) is 3.19. The van der Waals surface area contributed by atoms with E-state index in [0.29, 0.717) is 18.0 Å². The van der Waals surface area contributed by atoms with Crippen molar-refractivity contribution in [1.29, 1.82) is 0 Å². The average Bonchev–Trinajstić information content (AvgIpc) is 2.60. The molecule has 0 heterocycles. The molecule has 23 heavy (non-hydrogen) atoms. The normalized spacial score (nSPS) is 10.0. The van der Waals surface area contributed by atoms with E-state index < -0.39 is 0 Å². The minimum Gasteiger partial charge on any atom is -0.497 e. The Morgan fingerprint density at radius 2 is 1.83 bits per heavy atom. The van der Waals surface area contributed by atoms with Crippen molar-refractivity contribution in [2.75, 3.05) is 32.6 Å². The summed E-state index contributed by atoms with van der Waals surface area (Å²) in [5, 5.41) is 5.96. The Hall–Kier alpha value is -2.69. The number of hydrogen-bond donors (Lipinski definition) is 2. The van der Waals surface area contributed by atoms with Crippen molar-refractivity contribution in [3.8, 4) is 11.5 Å². The van der Waals surface area contributed by atoms with E-state index in [4.69, 9.17) is 9.47 Å². The van der Waals surface area contributed by atoms with Crippen molar-refractivity contribution >= 4 is 11.6 Å². The van der Waals surface area contributed by atoms with Gasteiger partial charge in [0, 0.05) is 12.6 Å². The van der Waals surface area contributed by atoms with Crippen LogP contribution in [0.1, 0.15) is 5.56 Å². The summed E-state index contributed by atoms with van der Waals surface area (Å²) in [4.78, 5) is 11.9. The number of anilines is 1. The van der Waals surface area contributed by atoms with Gasteiger partial charge in [0.25, 0.3) is 0 Å². The van der Waals surface area contributed by atoms with E-state index >= 15 is 0 Å². The fraction of sp³-hybridized carbons (Fsp3) is 0.278. The molecule has 0 aromatic heterocycles. The molecule has 122 valence electrons. The van der Waals surface area contributed by atoms with Crippen LogP contribution in [-0.4, -0.2) is 33.2 Å². The van der Waals surface area contributed by atoms with E-state index in [1.807, 2.05) is 36.4 Å². The molecule has 5 nitrogen and oxygen atoms in total. The van der Waals surface area contributed by atoms with Gasteiger partial charge in [0.1, 0.15) is 11.5 Å². The van der Waals surface area contributed by atoms with Crippen LogP contribution in [-0.2, 0) is 11.2 Å². The molecule has 0 unspecified atom stereocenters. The fourth-order valence-corrected chi connectivity index (χ4v) is 2.18. The van der Waals surface area contributed by atoms with Crippen LogP contribution in [0, 0.1) is 0 Å². The molecular formula is C18H22N2O3. The molecule has 0 fully saturated rings. The standard InChI is InChI=1S/C18H22N2O3/c1-22-15-8-9-17(23-2)16(12-15)20-13-18(21)19-11-10-14-6-4-3-5-7-14/h3-9,12,20H,10-11,13H2,1-2H3,(H,19,21). The summed E-state index contributed by atoms with van der Waals surface area (Å²) in [6.45, 7) is 0.790. The van der Waals surface area contributed by atoms with Gasteiger partial charge in [-0.1, -0.05) is 30.3 Å². The molecule has 2 rings (SSSR count). The van der Waals surface area contributed by atoms with E-state index in [-0.39, 0.29) is 12.5 Å². The zero-order chi connectivity index (χ0) is 16.5. The first-order valence-corrected chi connectivity index (χ1v) is 7.49. The maximum Gasteiger partial charge on any atom is 0.239 e. The number of ether oxygens (including phenoxy) is 2. The van der Waals surface area contributed by atoms with Crippen LogP contribution in [0.15, 0.2) is 48.5 Å². The number of methoxy groups -OCH3 is 2. The van der Waals surface area contributed by atoms with E-state index in [9.17, 15) is 4.79 Å². The van der Waals surface area contributed by atoms with Crippen molar-refractivity contribution in [1.82, 2.24) is 5.32 Å². The van der Waals surface area contributed by atoms with Gasteiger partial charge in [0.05, 0.1) is 26.5 Å². The molecule has 5 heteroatoms. The predicted octanol–water partition coefficient (Wildman–Crippen LogP) is 2.47. The lowest BCUT2D eigenvalue weighted by molar-refractivity contribution is -0.119. The molecule has 0 spiro atoms. The maximum absolute atomic E-state index is 11.9. The van der Waals surface area contributed by atoms with Crippen molar-refractivity contribution in [3.05, 3.63) is 54.1 Å². The average molecular weight is 314 g/mol. The first-order valence-electron chi connectivity index (χ1n) is 7.49. The lowest BCUT2D eigenvalue weighted by Crippen LogP contribution is -2.31. The first-order chi connectivity index (χ1) is 11.2. The van der Waals surface area contributed by atoms with Crippen molar-refractivity contribution < 1.29 is 14.3 Å². The Kier molecular flexibility index (Phi) is 6.29. The topological polar surface area (TPSA) is 59.6 Å². The molecule has 0 aliphatic rings. The third-order valence-corrected chi connectivity index (χ3v) is 3.42. The van der Waals surface area contributed by atoms with Crippen LogP contribution in [0.2, 0.25) is 0 Å². The minimum absolute atomic E-state index is 0.0641. The number of carbonyl (C=O) groups is 1. The van der Waals surface area contributed by atoms with E-state index in [1.54, 1.807) is 26.4 Å². The number of hydrogen-bond acceptors (Lipinski definition) is 4. The minimum atomic E-state index is -0.0641. The van der Waals surface area contributed by atoms with E-state index in [1.165, 1.54) is 5.56 Å². The smallest absolute Gasteiger partial charge is 0.239 e. The third kappa shape index (κ3) is 5.21. The second kappa shape index (κ2) is 8.68. The SMILES string of the molecule is COc1ccc(OC)c(NCC(=O)NCCc2ccccc2)c1. The zero-order valence-electron chi connectivity index (χ0n) is 13.5. The van der Waals surface area contributed by atoms with Crippen LogP contribution in [0.4, 0.5) is 5.69 Å². The fourth-order valence-electron chi connectivity index (χ4n) is 2.18. The van der Waals surface area contributed by atoms with Gasteiger partial charge in [0.2, 0.25) is 5.91 Å². The predicted molar refractivity (Wildman–Crippen MR) is 91.2 cm³/mol. The van der Waals surface area contributed by atoms with Crippen molar-refractivity contribution in [2.45, 2.75) is 6.42 Å². The van der Waals surface area contributed by atoms with Gasteiger partial charge in [-0.15, -0.1) is 0 Å². The van der Waals surface area contributed by atoms with Gasteiger partial charge in [-0.25, -0.2) is 0 Å². The molecule has 0 aliphatic heterocycles. The maximum atomic E-state index is 11.9. The van der Waals surface area contributed by atoms with Crippen LogP contribution < -0.4 is 20.1 Å². The molecular weight excluding hydrogens is 292 g/mol. The van der Waals surface area contributed by atoms with Gasteiger partial charge in [-0.05, 0) is 24.1 Å². The largest absolute Gasteiger partial charge is 0.497 e. The molecule has 0 radical (unpaired) electrons. The summed E-state index contributed by atoms with van der Waals surface area (Å²) in [5.74, 6) is 1.31. The van der Waals surface area contributed by atoms with Gasteiger partial charge in [-0.2, -0.15) is 0 Å². The lowest BCUT2D eigenvalue weighted by atomic mass is 10.1. The van der Waals surface area contributed by atoms with E-state index in [0.717, 1.165) is 12.1 Å². The van der Waals surface area contributed by atoms with Crippen LogP contribution >= 0.6 is 0 Å². The molecule has 2 aromatic carbocycles. The van der Waals surface area contributed by atoms with E-state index in [2.05, 4.69) is 10.6 Å². The number of carbonyl (C=O) groups excluding carboxylic acids is 1. The number of rotatable bonds is 8. The summed E-state index contributed by atoms with van der Waals surface area (Å²) < 4.78 is 10.4. The Labute approximate surface area is 136 Å². The van der Waals surface area contributed by atoms with Gasteiger partial charge >= 0.3 is 0 Å². The second-order valence-electron chi connectivity index (χ2n) is 5.01. The monoisotopic (exact) mass is 314 g/mol. The van der Waals surface area contributed by atoms with Crippen LogP contribution in [0.25, 0.3) is 0 Å². The van der Waals surface area contributed by atoms with Crippen molar-refractivity contribution in [3.63, 3.8) is 0 Å². The molecule has 1 amide bonds.